The third kappa shape index (κ3) is 5.43. The average molecular weight is 227 g/mol. The fourth-order valence-corrected chi connectivity index (χ4v) is 1.34. The number of carbonyl (C=O) groups is 1. The zero-order valence-electron chi connectivity index (χ0n) is 8.62. The van der Waals surface area contributed by atoms with E-state index in [9.17, 15) is 4.79 Å². The molecule has 1 rings (SSSR count). The summed E-state index contributed by atoms with van der Waals surface area (Å²) in [5.74, 6) is 0.347. The smallest absolute Gasteiger partial charge is 0.305 e. The molecule has 0 aromatic heterocycles. The quantitative estimate of drug-likeness (QED) is 0.551. The van der Waals surface area contributed by atoms with E-state index in [0.29, 0.717) is 25.3 Å². The van der Waals surface area contributed by atoms with Crippen LogP contribution in [-0.2, 0) is 16.0 Å². The first-order valence-electron chi connectivity index (χ1n) is 5.08. The molecule has 0 unspecified atom stereocenters. The van der Waals surface area contributed by atoms with Gasteiger partial charge in [0.15, 0.2) is 0 Å². The van der Waals surface area contributed by atoms with Gasteiger partial charge in [-0.3, -0.25) is 4.79 Å². The van der Waals surface area contributed by atoms with Gasteiger partial charge in [0.2, 0.25) is 0 Å². The monoisotopic (exact) mass is 226 g/mol. The topological polar surface area (TPSA) is 26.3 Å². The Morgan fingerprint density at radius 3 is 2.67 bits per heavy atom. The Morgan fingerprint density at radius 1 is 1.27 bits per heavy atom. The molecule has 0 aliphatic rings. The lowest BCUT2D eigenvalue weighted by Gasteiger charge is -2.03. The molecular formula is C12H15ClO2. The van der Waals surface area contributed by atoms with Crippen molar-refractivity contribution in [3.63, 3.8) is 0 Å². The van der Waals surface area contributed by atoms with Crippen molar-refractivity contribution >= 4 is 17.6 Å². The number of carbonyl (C=O) groups excluding carboxylic acids is 1. The molecule has 0 aliphatic heterocycles. The summed E-state index contributed by atoms with van der Waals surface area (Å²) in [5, 5.41) is 0. The summed E-state index contributed by atoms with van der Waals surface area (Å²) < 4.78 is 5.05. The van der Waals surface area contributed by atoms with Crippen molar-refractivity contribution < 1.29 is 9.53 Å². The number of ether oxygens (including phenoxy) is 1. The van der Waals surface area contributed by atoms with Gasteiger partial charge in [-0.05, 0) is 12.0 Å². The SMILES string of the molecule is O=C(CCCCl)OCCc1ccccc1. The van der Waals surface area contributed by atoms with Gasteiger partial charge in [0.1, 0.15) is 0 Å². The van der Waals surface area contributed by atoms with E-state index in [-0.39, 0.29) is 5.97 Å². The van der Waals surface area contributed by atoms with Crippen LogP contribution in [-0.4, -0.2) is 18.5 Å². The summed E-state index contributed by atoms with van der Waals surface area (Å²) >= 11 is 5.47. The van der Waals surface area contributed by atoms with Crippen LogP contribution in [0.4, 0.5) is 0 Å². The first-order chi connectivity index (χ1) is 7.33. The molecule has 0 radical (unpaired) electrons. The van der Waals surface area contributed by atoms with Gasteiger partial charge in [-0.25, -0.2) is 0 Å². The second-order valence-corrected chi connectivity index (χ2v) is 3.63. The summed E-state index contributed by atoms with van der Waals surface area (Å²) in [5.41, 5.74) is 1.18. The Bertz CT molecular complexity index is 285. The van der Waals surface area contributed by atoms with Crippen LogP contribution in [0.3, 0.4) is 0 Å². The van der Waals surface area contributed by atoms with Crippen molar-refractivity contribution in [2.75, 3.05) is 12.5 Å². The van der Waals surface area contributed by atoms with Gasteiger partial charge in [0.25, 0.3) is 0 Å². The van der Waals surface area contributed by atoms with Crippen molar-refractivity contribution in [3.05, 3.63) is 35.9 Å². The largest absolute Gasteiger partial charge is 0.465 e. The molecule has 0 heterocycles. The van der Waals surface area contributed by atoms with Crippen molar-refractivity contribution in [1.29, 1.82) is 0 Å². The molecule has 3 heteroatoms. The lowest BCUT2D eigenvalue weighted by atomic mass is 10.2. The molecule has 82 valence electrons. The highest BCUT2D eigenvalue weighted by molar-refractivity contribution is 6.17. The molecule has 15 heavy (non-hydrogen) atoms. The highest BCUT2D eigenvalue weighted by Gasteiger charge is 2.01. The molecule has 1 aromatic carbocycles. The third-order valence-corrected chi connectivity index (χ3v) is 2.28. The molecule has 0 saturated heterocycles. The third-order valence-electron chi connectivity index (χ3n) is 2.01. The zero-order valence-corrected chi connectivity index (χ0v) is 9.37. The Hall–Kier alpha value is -1.02. The van der Waals surface area contributed by atoms with Crippen LogP contribution in [0, 0.1) is 0 Å². The first-order valence-corrected chi connectivity index (χ1v) is 5.62. The van der Waals surface area contributed by atoms with Crippen molar-refractivity contribution in [1.82, 2.24) is 0 Å². The minimum absolute atomic E-state index is 0.161. The van der Waals surface area contributed by atoms with E-state index < -0.39 is 0 Å². The standard InChI is InChI=1S/C12H15ClO2/c13-9-4-7-12(14)15-10-8-11-5-2-1-3-6-11/h1-3,5-6H,4,7-10H2. The number of halogens is 1. The van der Waals surface area contributed by atoms with Gasteiger partial charge in [-0.15, -0.1) is 11.6 Å². The van der Waals surface area contributed by atoms with Crippen molar-refractivity contribution in [3.8, 4) is 0 Å². The van der Waals surface area contributed by atoms with Crippen LogP contribution in [0.5, 0.6) is 0 Å². The summed E-state index contributed by atoms with van der Waals surface area (Å²) in [6.07, 6.45) is 1.87. The maximum absolute atomic E-state index is 11.1. The molecule has 0 saturated carbocycles. The normalized spacial score (nSPS) is 9.93. The van der Waals surface area contributed by atoms with E-state index in [1.807, 2.05) is 30.3 Å². The minimum atomic E-state index is -0.161. The van der Waals surface area contributed by atoms with Crippen LogP contribution < -0.4 is 0 Å². The zero-order chi connectivity index (χ0) is 10.9. The molecule has 0 bridgehead atoms. The van der Waals surface area contributed by atoms with Gasteiger partial charge in [-0.2, -0.15) is 0 Å². The van der Waals surface area contributed by atoms with E-state index in [4.69, 9.17) is 16.3 Å². The molecule has 2 nitrogen and oxygen atoms in total. The highest BCUT2D eigenvalue weighted by Crippen LogP contribution is 2.01. The van der Waals surface area contributed by atoms with Crippen molar-refractivity contribution in [2.45, 2.75) is 19.3 Å². The Balaban J connectivity index is 2.14. The van der Waals surface area contributed by atoms with E-state index in [1.165, 1.54) is 5.56 Å². The van der Waals surface area contributed by atoms with Crippen LogP contribution >= 0.6 is 11.6 Å². The summed E-state index contributed by atoms with van der Waals surface area (Å²) in [6, 6.07) is 9.96. The van der Waals surface area contributed by atoms with Gasteiger partial charge < -0.3 is 4.74 Å². The first kappa shape index (κ1) is 12.1. The van der Waals surface area contributed by atoms with Gasteiger partial charge in [0.05, 0.1) is 6.61 Å². The van der Waals surface area contributed by atoms with Crippen molar-refractivity contribution in [2.24, 2.45) is 0 Å². The van der Waals surface area contributed by atoms with Crippen LogP contribution in [0.1, 0.15) is 18.4 Å². The van der Waals surface area contributed by atoms with Gasteiger partial charge in [0, 0.05) is 18.7 Å². The predicted molar refractivity (Wildman–Crippen MR) is 61.1 cm³/mol. The molecule has 0 spiro atoms. The number of rotatable bonds is 6. The molecule has 1 aromatic rings. The number of benzene rings is 1. The lowest BCUT2D eigenvalue weighted by Crippen LogP contribution is -2.07. The van der Waals surface area contributed by atoms with E-state index in [1.54, 1.807) is 0 Å². The molecule has 0 N–H and O–H groups in total. The molecule has 0 amide bonds. The summed E-state index contributed by atoms with van der Waals surface area (Å²) in [7, 11) is 0. The number of hydrogen-bond donors (Lipinski definition) is 0. The summed E-state index contributed by atoms with van der Waals surface area (Å²) in [4.78, 5) is 11.1. The maximum atomic E-state index is 11.1. The maximum Gasteiger partial charge on any atom is 0.305 e. The average Bonchev–Trinajstić information content (AvgIpc) is 2.28. The number of alkyl halides is 1. The van der Waals surface area contributed by atoms with Crippen LogP contribution in [0.25, 0.3) is 0 Å². The van der Waals surface area contributed by atoms with Gasteiger partial charge >= 0.3 is 5.97 Å². The lowest BCUT2D eigenvalue weighted by molar-refractivity contribution is -0.143. The number of esters is 1. The second-order valence-electron chi connectivity index (χ2n) is 3.25. The molecule has 0 atom stereocenters. The van der Waals surface area contributed by atoms with E-state index in [2.05, 4.69) is 0 Å². The highest BCUT2D eigenvalue weighted by atomic mass is 35.5. The second kappa shape index (κ2) is 7.30. The fourth-order valence-electron chi connectivity index (χ4n) is 1.21. The number of hydrogen-bond acceptors (Lipinski definition) is 2. The minimum Gasteiger partial charge on any atom is -0.465 e. The fraction of sp³-hybridized carbons (Fsp3) is 0.417. The van der Waals surface area contributed by atoms with E-state index >= 15 is 0 Å². The molecular weight excluding hydrogens is 212 g/mol. The molecule has 0 fully saturated rings. The Kier molecular flexibility index (Phi) is 5.86. The molecule has 0 aliphatic carbocycles. The summed E-state index contributed by atoms with van der Waals surface area (Å²) in [6.45, 7) is 0.450. The van der Waals surface area contributed by atoms with Crippen LogP contribution in [0.15, 0.2) is 30.3 Å². The van der Waals surface area contributed by atoms with Gasteiger partial charge in [-0.1, -0.05) is 30.3 Å². The predicted octanol–water partition coefficient (Wildman–Crippen LogP) is 2.79. The van der Waals surface area contributed by atoms with E-state index in [0.717, 1.165) is 6.42 Å². The Labute approximate surface area is 95.2 Å². The Morgan fingerprint density at radius 2 is 2.00 bits per heavy atom. The van der Waals surface area contributed by atoms with Crippen LogP contribution in [0.2, 0.25) is 0 Å².